The molecule has 0 aliphatic carbocycles. The van der Waals surface area contributed by atoms with Crippen LogP contribution in [-0.4, -0.2) is 41.3 Å². The van der Waals surface area contributed by atoms with Gasteiger partial charge in [0.1, 0.15) is 6.04 Å². The number of nitrogens with zero attached hydrogens (tertiary/aromatic N) is 1. The van der Waals surface area contributed by atoms with Crippen molar-refractivity contribution < 1.29 is 21.6 Å². The highest BCUT2D eigenvalue weighted by molar-refractivity contribution is 7.92. The van der Waals surface area contributed by atoms with E-state index in [4.69, 9.17) is 0 Å². The Morgan fingerprint density at radius 1 is 0.933 bits per heavy atom. The van der Waals surface area contributed by atoms with E-state index in [9.17, 15) is 21.6 Å². The average molecular weight is 453 g/mol. The number of hydrogen-bond acceptors (Lipinski definition) is 5. The number of amides is 1. The van der Waals surface area contributed by atoms with Crippen molar-refractivity contribution in [1.29, 1.82) is 0 Å². The number of anilines is 1. The van der Waals surface area contributed by atoms with Gasteiger partial charge >= 0.3 is 0 Å². The third-order valence-electron chi connectivity index (χ3n) is 4.85. The molecule has 0 aliphatic rings. The van der Waals surface area contributed by atoms with Crippen molar-refractivity contribution in [2.75, 3.05) is 16.8 Å². The Bertz CT molecular complexity index is 1090. The zero-order valence-electron chi connectivity index (χ0n) is 17.8. The van der Waals surface area contributed by atoms with Crippen LogP contribution in [0.25, 0.3) is 0 Å². The van der Waals surface area contributed by atoms with Crippen LogP contribution in [0.1, 0.15) is 37.9 Å². The topological polar surface area (TPSA) is 101 Å². The smallest absolute Gasteiger partial charge is 0.244 e. The zero-order chi connectivity index (χ0) is 22.7. The minimum atomic E-state index is -3.70. The van der Waals surface area contributed by atoms with Crippen molar-refractivity contribution in [3.63, 3.8) is 0 Å². The first-order chi connectivity index (χ1) is 13.8. The number of sulfonamides is 1. The summed E-state index contributed by atoms with van der Waals surface area (Å²) >= 11 is 0. The van der Waals surface area contributed by atoms with Crippen LogP contribution in [0.2, 0.25) is 0 Å². The fourth-order valence-corrected chi connectivity index (χ4v) is 4.91. The van der Waals surface area contributed by atoms with E-state index in [-0.39, 0.29) is 4.90 Å². The molecule has 2 rings (SSSR count). The van der Waals surface area contributed by atoms with Crippen LogP contribution in [0.4, 0.5) is 5.69 Å². The Morgan fingerprint density at radius 2 is 1.47 bits per heavy atom. The molecule has 9 heteroatoms. The van der Waals surface area contributed by atoms with Gasteiger partial charge in [0, 0.05) is 6.26 Å². The lowest BCUT2D eigenvalue weighted by Crippen LogP contribution is -2.48. The molecule has 0 saturated carbocycles. The van der Waals surface area contributed by atoms with Crippen molar-refractivity contribution in [1.82, 2.24) is 5.32 Å². The SMILES string of the molecule is CCc1ccc(N([C@H](C)C(=O)N[C@H](C)c2ccc(S(C)(=O)=O)cc2)S(C)(=O)=O)cc1. The maximum Gasteiger partial charge on any atom is 0.244 e. The number of carbonyl (C=O) groups is 1. The second-order valence-electron chi connectivity index (χ2n) is 7.33. The molecule has 0 spiro atoms. The van der Waals surface area contributed by atoms with Gasteiger partial charge in [-0.2, -0.15) is 0 Å². The summed E-state index contributed by atoms with van der Waals surface area (Å²) in [5.74, 6) is -0.459. The van der Waals surface area contributed by atoms with E-state index < -0.39 is 37.9 Å². The number of nitrogens with one attached hydrogen (secondary N) is 1. The molecule has 0 aliphatic heterocycles. The molecule has 1 amide bonds. The number of carbonyl (C=O) groups excluding carboxylic acids is 1. The molecule has 0 bridgehead atoms. The highest BCUT2D eigenvalue weighted by Crippen LogP contribution is 2.23. The number of aryl methyl sites for hydroxylation is 1. The van der Waals surface area contributed by atoms with Crippen molar-refractivity contribution in [2.45, 2.75) is 44.2 Å². The van der Waals surface area contributed by atoms with Gasteiger partial charge in [-0.25, -0.2) is 16.8 Å². The average Bonchev–Trinajstić information content (AvgIpc) is 2.66. The lowest BCUT2D eigenvalue weighted by atomic mass is 10.1. The Balaban J connectivity index is 2.22. The van der Waals surface area contributed by atoms with Crippen LogP contribution in [0.5, 0.6) is 0 Å². The standard InChI is InChI=1S/C21H28N2O5S2/c1-6-17-7-11-19(12-8-17)23(30(5,27)28)16(3)21(24)22-15(2)18-9-13-20(14-10-18)29(4,25)26/h7-16H,6H2,1-5H3,(H,22,24)/t15-,16-/m1/s1. The molecule has 0 unspecified atom stereocenters. The molecule has 7 nitrogen and oxygen atoms in total. The molecule has 30 heavy (non-hydrogen) atoms. The Hall–Kier alpha value is -2.39. The zero-order valence-corrected chi connectivity index (χ0v) is 19.4. The van der Waals surface area contributed by atoms with Gasteiger partial charge in [0.25, 0.3) is 0 Å². The normalized spacial score (nSPS) is 14.0. The third-order valence-corrected chi connectivity index (χ3v) is 7.22. The molecule has 0 saturated heterocycles. The fraction of sp³-hybridized carbons (Fsp3) is 0.381. The van der Waals surface area contributed by atoms with E-state index in [0.717, 1.165) is 28.8 Å². The van der Waals surface area contributed by atoms with Crippen molar-refractivity contribution in [3.05, 3.63) is 59.7 Å². The molecule has 0 radical (unpaired) electrons. The van der Waals surface area contributed by atoms with Gasteiger partial charge in [-0.15, -0.1) is 0 Å². The van der Waals surface area contributed by atoms with E-state index in [1.54, 1.807) is 31.2 Å². The van der Waals surface area contributed by atoms with Crippen LogP contribution < -0.4 is 9.62 Å². The van der Waals surface area contributed by atoms with Crippen LogP contribution in [0.3, 0.4) is 0 Å². The molecule has 2 atom stereocenters. The Kier molecular flexibility index (Phi) is 7.31. The summed E-state index contributed by atoms with van der Waals surface area (Å²) in [6, 6.07) is 11.9. The number of benzene rings is 2. The largest absolute Gasteiger partial charge is 0.348 e. The second-order valence-corrected chi connectivity index (χ2v) is 11.2. The summed E-state index contributed by atoms with van der Waals surface area (Å²) < 4.78 is 49.1. The minimum absolute atomic E-state index is 0.192. The van der Waals surface area contributed by atoms with Gasteiger partial charge in [0.2, 0.25) is 15.9 Å². The van der Waals surface area contributed by atoms with Gasteiger partial charge in [-0.05, 0) is 55.7 Å². The van der Waals surface area contributed by atoms with Crippen LogP contribution in [0, 0.1) is 0 Å². The summed E-state index contributed by atoms with van der Waals surface area (Å²) in [4.78, 5) is 13.0. The van der Waals surface area contributed by atoms with Crippen LogP contribution in [-0.2, 0) is 31.1 Å². The molecule has 164 valence electrons. The number of rotatable bonds is 8. The van der Waals surface area contributed by atoms with E-state index in [2.05, 4.69) is 5.32 Å². The van der Waals surface area contributed by atoms with Gasteiger partial charge in [0.05, 0.1) is 22.9 Å². The molecular weight excluding hydrogens is 424 g/mol. The lowest BCUT2D eigenvalue weighted by Gasteiger charge is -2.29. The predicted octanol–water partition coefficient (Wildman–Crippen LogP) is 2.68. The van der Waals surface area contributed by atoms with Crippen molar-refractivity contribution in [2.24, 2.45) is 0 Å². The molecule has 2 aromatic carbocycles. The van der Waals surface area contributed by atoms with Crippen LogP contribution >= 0.6 is 0 Å². The highest BCUT2D eigenvalue weighted by atomic mass is 32.2. The minimum Gasteiger partial charge on any atom is -0.348 e. The summed E-state index contributed by atoms with van der Waals surface area (Å²) in [6.07, 6.45) is 3.02. The van der Waals surface area contributed by atoms with Crippen molar-refractivity contribution in [3.8, 4) is 0 Å². The Morgan fingerprint density at radius 3 is 1.90 bits per heavy atom. The fourth-order valence-electron chi connectivity index (χ4n) is 3.11. The quantitative estimate of drug-likeness (QED) is 0.664. The third kappa shape index (κ3) is 5.82. The predicted molar refractivity (Wildman–Crippen MR) is 119 cm³/mol. The van der Waals surface area contributed by atoms with Gasteiger partial charge in [-0.3, -0.25) is 9.10 Å². The Labute approximate surface area is 179 Å². The maximum atomic E-state index is 12.8. The molecule has 2 aromatic rings. The summed E-state index contributed by atoms with van der Waals surface area (Å²) in [7, 11) is -7.00. The van der Waals surface area contributed by atoms with Gasteiger partial charge < -0.3 is 5.32 Å². The summed E-state index contributed by atoms with van der Waals surface area (Å²) in [5, 5.41) is 2.80. The van der Waals surface area contributed by atoms with E-state index in [1.807, 2.05) is 19.1 Å². The molecule has 0 aromatic heterocycles. The summed E-state index contributed by atoms with van der Waals surface area (Å²) in [5.41, 5.74) is 2.19. The molecular formula is C21H28N2O5S2. The van der Waals surface area contributed by atoms with Gasteiger partial charge in [-0.1, -0.05) is 31.2 Å². The first-order valence-corrected chi connectivity index (χ1v) is 13.3. The maximum absolute atomic E-state index is 12.8. The van der Waals surface area contributed by atoms with E-state index in [1.165, 1.54) is 19.1 Å². The first-order valence-electron chi connectivity index (χ1n) is 9.53. The molecule has 0 heterocycles. The van der Waals surface area contributed by atoms with Crippen LogP contribution in [0.15, 0.2) is 53.4 Å². The summed E-state index contributed by atoms with van der Waals surface area (Å²) in [6.45, 7) is 5.29. The van der Waals surface area contributed by atoms with E-state index in [0.29, 0.717) is 11.3 Å². The number of sulfone groups is 1. The van der Waals surface area contributed by atoms with Crippen molar-refractivity contribution >= 4 is 31.5 Å². The highest BCUT2D eigenvalue weighted by Gasteiger charge is 2.29. The molecule has 0 fully saturated rings. The first kappa shape index (κ1) is 23.9. The molecule has 1 N–H and O–H groups in total. The van der Waals surface area contributed by atoms with Gasteiger partial charge in [0.15, 0.2) is 9.84 Å². The number of hydrogen-bond donors (Lipinski definition) is 1. The van der Waals surface area contributed by atoms with E-state index >= 15 is 0 Å². The monoisotopic (exact) mass is 452 g/mol. The lowest BCUT2D eigenvalue weighted by molar-refractivity contribution is -0.122. The second kappa shape index (κ2) is 9.18.